The number of benzene rings is 1. The van der Waals surface area contributed by atoms with Crippen molar-refractivity contribution in [2.24, 2.45) is 0 Å². The molecule has 2 aromatic rings. The molecule has 0 N–H and O–H groups in total. The van der Waals surface area contributed by atoms with Crippen molar-refractivity contribution in [1.82, 2.24) is 14.5 Å². The molecule has 2 fully saturated rings. The Hall–Kier alpha value is -2.52. The van der Waals surface area contributed by atoms with Crippen LogP contribution in [0, 0.1) is 12.7 Å². The summed E-state index contributed by atoms with van der Waals surface area (Å²) < 4.78 is 48.3. The number of imidazole rings is 1. The van der Waals surface area contributed by atoms with Crippen LogP contribution in [-0.4, -0.2) is 64.9 Å². The number of carbonyl (C=O) groups excluding carboxylic acids is 1. The summed E-state index contributed by atoms with van der Waals surface area (Å²) in [6.45, 7) is 9.01. The predicted molar refractivity (Wildman–Crippen MR) is 132 cm³/mol. The molecule has 3 atom stereocenters. The molecule has 1 amide bonds. The summed E-state index contributed by atoms with van der Waals surface area (Å²) in [4.78, 5) is 18.7. The standard InChI is InChI=1S/C27H37F2N3O4/c1-18-15-19(8-9-21(18)28)23-17-31(12-14-35-24-7-5-6-13-34-24)25(30-23)20-10-11-32(16-22(20)29)26(33)36-27(2,3)4/h8-9,15,17,20,22,24H,5-7,10-14,16H2,1-4H3. The number of likely N-dealkylation sites (tertiary alicyclic amines) is 1. The number of nitrogens with zero attached hydrogens (tertiary/aromatic N) is 3. The van der Waals surface area contributed by atoms with Crippen molar-refractivity contribution in [3.05, 3.63) is 41.6 Å². The van der Waals surface area contributed by atoms with Gasteiger partial charge in [-0.2, -0.15) is 0 Å². The Balaban J connectivity index is 1.52. The summed E-state index contributed by atoms with van der Waals surface area (Å²) in [6, 6.07) is 4.85. The van der Waals surface area contributed by atoms with Gasteiger partial charge < -0.3 is 23.7 Å². The molecule has 3 heterocycles. The van der Waals surface area contributed by atoms with Crippen molar-refractivity contribution >= 4 is 6.09 Å². The van der Waals surface area contributed by atoms with Gasteiger partial charge in [0.25, 0.3) is 0 Å². The van der Waals surface area contributed by atoms with E-state index in [2.05, 4.69) is 0 Å². The minimum Gasteiger partial charge on any atom is -0.444 e. The second-order valence-corrected chi connectivity index (χ2v) is 10.6. The molecule has 2 aliphatic rings. The lowest BCUT2D eigenvalue weighted by molar-refractivity contribution is -0.163. The summed E-state index contributed by atoms with van der Waals surface area (Å²) in [7, 11) is 0. The van der Waals surface area contributed by atoms with Gasteiger partial charge in [-0.25, -0.2) is 18.6 Å². The van der Waals surface area contributed by atoms with Crippen LogP contribution in [-0.2, 0) is 20.8 Å². The van der Waals surface area contributed by atoms with Crippen molar-refractivity contribution < 1.29 is 27.8 Å². The highest BCUT2D eigenvalue weighted by Crippen LogP contribution is 2.33. The molecule has 0 saturated carbocycles. The molecule has 4 rings (SSSR count). The van der Waals surface area contributed by atoms with Crippen LogP contribution in [0.4, 0.5) is 13.6 Å². The Kier molecular flexibility index (Phi) is 8.30. The van der Waals surface area contributed by atoms with Crippen molar-refractivity contribution in [2.75, 3.05) is 26.3 Å². The normalized spacial score (nSPS) is 23.1. The van der Waals surface area contributed by atoms with E-state index >= 15 is 4.39 Å². The Labute approximate surface area is 211 Å². The number of piperidine rings is 1. The molecule has 0 aliphatic carbocycles. The molecule has 7 nitrogen and oxygen atoms in total. The molecule has 36 heavy (non-hydrogen) atoms. The molecule has 1 aromatic carbocycles. The highest BCUT2D eigenvalue weighted by atomic mass is 19.1. The van der Waals surface area contributed by atoms with Gasteiger partial charge in [0.2, 0.25) is 0 Å². The number of aromatic nitrogens is 2. The zero-order chi connectivity index (χ0) is 25.9. The summed E-state index contributed by atoms with van der Waals surface area (Å²) in [5.74, 6) is -0.154. The van der Waals surface area contributed by atoms with Crippen molar-refractivity contribution in [3.8, 4) is 11.3 Å². The molecule has 9 heteroatoms. The highest BCUT2D eigenvalue weighted by molar-refractivity contribution is 5.68. The van der Waals surface area contributed by atoms with Gasteiger partial charge in [-0.05, 0) is 77.1 Å². The number of hydrogen-bond acceptors (Lipinski definition) is 5. The molecule has 0 bridgehead atoms. The van der Waals surface area contributed by atoms with E-state index in [-0.39, 0.29) is 18.7 Å². The fourth-order valence-electron chi connectivity index (χ4n) is 4.66. The summed E-state index contributed by atoms with van der Waals surface area (Å²) in [5, 5.41) is 0. The SMILES string of the molecule is Cc1cc(-c2cn(CCOC3CCCCO3)c(C3CCN(C(=O)OC(C)(C)C)CC3F)n2)ccc1F. The van der Waals surface area contributed by atoms with Crippen LogP contribution in [0.1, 0.15) is 63.8 Å². The maximum absolute atomic E-state index is 15.5. The number of rotatable bonds is 6. The fourth-order valence-corrected chi connectivity index (χ4v) is 4.66. The molecular formula is C27H37F2N3O4. The minimum absolute atomic E-state index is 0.0517. The Morgan fingerprint density at radius 2 is 2.06 bits per heavy atom. The average Bonchev–Trinajstić information content (AvgIpc) is 3.24. The van der Waals surface area contributed by atoms with Crippen LogP contribution in [0.2, 0.25) is 0 Å². The van der Waals surface area contributed by atoms with Gasteiger partial charge in [0.15, 0.2) is 6.29 Å². The second kappa shape index (κ2) is 11.3. The first-order chi connectivity index (χ1) is 17.1. The number of alkyl halides is 1. The van der Waals surface area contributed by atoms with Gasteiger partial charge in [0, 0.05) is 31.5 Å². The fraction of sp³-hybridized carbons (Fsp3) is 0.630. The number of amides is 1. The zero-order valence-corrected chi connectivity index (χ0v) is 21.6. The van der Waals surface area contributed by atoms with Crippen LogP contribution >= 0.6 is 0 Å². The van der Waals surface area contributed by atoms with Gasteiger partial charge in [-0.15, -0.1) is 0 Å². The Morgan fingerprint density at radius 1 is 1.25 bits per heavy atom. The van der Waals surface area contributed by atoms with E-state index in [9.17, 15) is 9.18 Å². The topological polar surface area (TPSA) is 65.8 Å². The second-order valence-electron chi connectivity index (χ2n) is 10.6. The van der Waals surface area contributed by atoms with Crippen molar-refractivity contribution in [1.29, 1.82) is 0 Å². The van der Waals surface area contributed by atoms with E-state index in [4.69, 9.17) is 19.2 Å². The van der Waals surface area contributed by atoms with Crippen LogP contribution < -0.4 is 0 Å². The summed E-state index contributed by atoms with van der Waals surface area (Å²) in [6.07, 6.45) is 3.28. The lowest BCUT2D eigenvalue weighted by atomic mass is 9.94. The van der Waals surface area contributed by atoms with Crippen LogP contribution in [0.25, 0.3) is 11.3 Å². The number of aryl methyl sites for hydroxylation is 1. The van der Waals surface area contributed by atoms with Crippen LogP contribution in [0.5, 0.6) is 0 Å². The lowest BCUT2D eigenvalue weighted by Crippen LogP contribution is -2.46. The van der Waals surface area contributed by atoms with Gasteiger partial charge in [0.05, 0.1) is 24.8 Å². The van der Waals surface area contributed by atoms with Gasteiger partial charge in [-0.1, -0.05) is 0 Å². The summed E-state index contributed by atoms with van der Waals surface area (Å²) >= 11 is 0. The first-order valence-corrected chi connectivity index (χ1v) is 12.8. The van der Waals surface area contributed by atoms with Crippen molar-refractivity contribution in [3.63, 3.8) is 0 Å². The smallest absolute Gasteiger partial charge is 0.410 e. The average molecular weight is 506 g/mol. The number of hydrogen-bond donors (Lipinski definition) is 0. The zero-order valence-electron chi connectivity index (χ0n) is 21.6. The largest absolute Gasteiger partial charge is 0.444 e. The molecule has 0 radical (unpaired) electrons. The third-order valence-corrected chi connectivity index (χ3v) is 6.56. The van der Waals surface area contributed by atoms with E-state index < -0.39 is 23.8 Å². The highest BCUT2D eigenvalue weighted by Gasteiger charge is 2.37. The van der Waals surface area contributed by atoms with Crippen LogP contribution in [0.3, 0.4) is 0 Å². The van der Waals surface area contributed by atoms with E-state index in [1.54, 1.807) is 39.8 Å². The lowest BCUT2D eigenvalue weighted by Gasteiger charge is -2.35. The summed E-state index contributed by atoms with van der Waals surface area (Å²) in [5.41, 5.74) is 1.31. The first kappa shape index (κ1) is 26.5. The molecule has 2 aliphatic heterocycles. The number of carbonyl (C=O) groups is 1. The monoisotopic (exact) mass is 505 g/mol. The minimum atomic E-state index is -1.29. The molecule has 2 saturated heterocycles. The van der Waals surface area contributed by atoms with E-state index in [1.807, 2.05) is 10.8 Å². The third kappa shape index (κ3) is 6.62. The maximum atomic E-state index is 15.5. The predicted octanol–water partition coefficient (Wildman–Crippen LogP) is 5.60. The Morgan fingerprint density at radius 3 is 2.72 bits per heavy atom. The number of ether oxygens (including phenoxy) is 3. The van der Waals surface area contributed by atoms with E-state index in [0.717, 1.165) is 24.8 Å². The molecule has 3 unspecified atom stereocenters. The quantitative estimate of drug-likeness (QED) is 0.511. The molecule has 0 spiro atoms. The van der Waals surface area contributed by atoms with Gasteiger partial charge >= 0.3 is 6.09 Å². The molecule has 198 valence electrons. The van der Waals surface area contributed by atoms with Gasteiger partial charge in [-0.3, -0.25) is 0 Å². The third-order valence-electron chi connectivity index (χ3n) is 6.56. The van der Waals surface area contributed by atoms with Gasteiger partial charge in [0.1, 0.15) is 23.4 Å². The van der Waals surface area contributed by atoms with Crippen molar-refractivity contribution in [2.45, 2.75) is 83.9 Å². The van der Waals surface area contributed by atoms with Crippen LogP contribution in [0.15, 0.2) is 24.4 Å². The maximum Gasteiger partial charge on any atom is 0.410 e. The number of halogens is 2. The molecule has 1 aromatic heterocycles. The first-order valence-electron chi connectivity index (χ1n) is 12.8. The van der Waals surface area contributed by atoms with E-state index in [0.29, 0.717) is 49.8 Å². The molecular weight excluding hydrogens is 468 g/mol. The van der Waals surface area contributed by atoms with E-state index in [1.165, 1.54) is 11.0 Å². The Bertz CT molecular complexity index is 1050.